The van der Waals surface area contributed by atoms with Gasteiger partial charge in [0, 0.05) is 18.0 Å². The van der Waals surface area contributed by atoms with Crippen LogP contribution >= 0.6 is 11.3 Å². The van der Waals surface area contributed by atoms with Crippen molar-refractivity contribution in [3.8, 4) is 11.5 Å². The van der Waals surface area contributed by atoms with Crippen LogP contribution in [0.2, 0.25) is 0 Å². The minimum Gasteiger partial charge on any atom is -0.478 e. The lowest BCUT2D eigenvalue weighted by Gasteiger charge is -2.29. The zero-order valence-electron chi connectivity index (χ0n) is 16.4. The van der Waals surface area contributed by atoms with E-state index in [-0.39, 0.29) is 5.78 Å². The summed E-state index contributed by atoms with van der Waals surface area (Å²) in [6.07, 6.45) is 1.82. The predicted octanol–water partition coefficient (Wildman–Crippen LogP) is 5.33. The molecule has 146 valence electrons. The van der Waals surface area contributed by atoms with Crippen molar-refractivity contribution in [2.45, 2.75) is 26.9 Å². The van der Waals surface area contributed by atoms with Gasteiger partial charge in [0.1, 0.15) is 18.2 Å². The van der Waals surface area contributed by atoms with Crippen LogP contribution in [-0.2, 0) is 13.1 Å². The molecule has 5 heteroatoms. The van der Waals surface area contributed by atoms with Crippen molar-refractivity contribution in [3.05, 3.63) is 86.3 Å². The van der Waals surface area contributed by atoms with Crippen LogP contribution in [0.25, 0.3) is 6.08 Å². The van der Waals surface area contributed by atoms with E-state index in [4.69, 9.17) is 9.47 Å². The third-order valence-corrected chi connectivity index (χ3v) is 6.18. The van der Waals surface area contributed by atoms with Crippen molar-refractivity contribution in [1.29, 1.82) is 0 Å². The molecule has 0 spiro atoms. The van der Waals surface area contributed by atoms with Gasteiger partial charge in [-0.1, -0.05) is 35.9 Å². The first-order chi connectivity index (χ1) is 14.1. The number of carbonyl (C=O) groups excluding carboxylic acids is 1. The van der Waals surface area contributed by atoms with Crippen molar-refractivity contribution < 1.29 is 14.3 Å². The highest BCUT2D eigenvalue weighted by molar-refractivity contribution is 7.09. The Bertz CT molecular complexity index is 1110. The molecule has 0 aliphatic carbocycles. The molecule has 2 aromatic carbocycles. The van der Waals surface area contributed by atoms with E-state index in [0.717, 1.165) is 29.0 Å². The van der Waals surface area contributed by atoms with Gasteiger partial charge in [0.05, 0.1) is 11.1 Å². The molecule has 0 bridgehead atoms. The van der Waals surface area contributed by atoms with Gasteiger partial charge >= 0.3 is 0 Å². The van der Waals surface area contributed by atoms with E-state index in [0.29, 0.717) is 30.3 Å². The minimum absolute atomic E-state index is 0.0590. The van der Waals surface area contributed by atoms with Crippen LogP contribution in [0.3, 0.4) is 0 Å². The molecule has 0 fully saturated rings. The number of fused-ring (bicyclic) bond motifs is 3. The number of thiophene rings is 1. The fourth-order valence-electron chi connectivity index (χ4n) is 3.81. The average molecular weight is 404 g/mol. The number of Topliss-reactive ketones (excluding diaryl/α,β-unsaturated/α-hetero) is 1. The first kappa shape index (κ1) is 18.2. The van der Waals surface area contributed by atoms with Crippen LogP contribution in [0.5, 0.6) is 11.5 Å². The zero-order chi connectivity index (χ0) is 20.0. The summed E-state index contributed by atoms with van der Waals surface area (Å²) in [5, 5.41) is 2.08. The molecule has 0 unspecified atom stereocenters. The summed E-state index contributed by atoms with van der Waals surface area (Å²) < 4.78 is 12.1. The Hall–Kier alpha value is -2.89. The van der Waals surface area contributed by atoms with Crippen LogP contribution in [-0.4, -0.2) is 17.4 Å². The summed E-state index contributed by atoms with van der Waals surface area (Å²) in [5.74, 6) is 1.78. The molecule has 3 heterocycles. The number of ether oxygens (including phenoxy) is 2. The van der Waals surface area contributed by atoms with Crippen molar-refractivity contribution in [2.75, 3.05) is 6.73 Å². The molecule has 3 aromatic rings. The monoisotopic (exact) mass is 403 g/mol. The Morgan fingerprint density at radius 3 is 2.76 bits per heavy atom. The van der Waals surface area contributed by atoms with Crippen molar-refractivity contribution in [2.24, 2.45) is 0 Å². The van der Waals surface area contributed by atoms with Crippen LogP contribution in [0.15, 0.2) is 53.6 Å². The highest BCUT2D eigenvalue weighted by Crippen LogP contribution is 2.44. The summed E-state index contributed by atoms with van der Waals surface area (Å²) in [6, 6.07) is 14.2. The Labute approximate surface area is 174 Å². The van der Waals surface area contributed by atoms with E-state index in [1.54, 1.807) is 11.3 Å². The number of hydrogen-bond donors (Lipinski definition) is 0. The van der Waals surface area contributed by atoms with E-state index in [1.165, 1.54) is 10.4 Å². The summed E-state index contributed by atoms with van der Waals surface area (Å²) in [6.45, 7) is 6.03. The van der Waals surface area contributed by atoms with Crippen LogP contribution in [0.4, 0.5) is 0 Å². The van der Waals surface area contributed by atoms with Gasteiger partial charge in [-0.3, -0.25) is 9.69 Å². The van der Waals surface area contributed by atoms with Crippen LogP contribution in [0.1, 0.15) is 37.5 Å². The molecule has 0 saturated carbocycles. The van der Waals surface area contributed by atoms with Crippen LogP contribution < -0.4 is 9.47 Å². The van der Waals surface area contributed by atoms with Gasteiger partial charge in [0.2, 0.25) is 5.78 Å². The standard InChI is InChI=1S/C24H21NO3S/c1-15-5-7-17(8-6-15)11-21-23(26)22-16(2)10-20-19(24(22)28-21)13-25(14-27-20)12-18-4-3-9-29-18/h3-11H,12-14H2,1-2H3/b21-11-. The largest absolute Gasteiger partial charge is 0.478 e. The molecule has 0 radical (unpaired) electrons. The fourth-order valence-corrected chi connectivity index (χ4v) is 4.56. The van der Waals surface area contributed by atoms with Gasteiger partial charge in [-0.15, -0.1) is 11.3 Å². The average Bonchev–Trinajstić information content (AvgIpc) is 3.33. The number of rotatable bonds is 3. The van der Waals surface area contributed by atoms with Crippen molar-refractivity contribution in [1.82, 2.24) is 4.90 Å². The number of nitrogens with zero attached hydrogens (tertiary/aromatic N) is 1. The maximum absolute atomic E-state index is 13.1. The van der Waals surface area contributed by atoms with E-state index < -0.39 is 0 Å². The molecule has 2 aliphatic heterocycles. The molecule has 4 nitrogen and oxygen atoms in total. The minimum atomic E-state index is -0.0590. The third kappa shape index (κ3) is 3.37. The van der Waals surface area contributed by atoms with Crippen LogP contribution in [0, 0.1) is 13.8 Å². The molecule has 0 N–H and O–H groups in total. The second-order valence-corrected chi connectivity index (χ2v) is 8.60. The molecule has 5 rings (SSSR count). The molecule has 0 atom stereocenters. The van der Waals surface area contributed by atoms with E-state index in [9.17, 15) is 4.79 Å². The lowest BCUT2D eigenvalue weighted by molar-refractivity contribution is 0.0881. The van der Waals surface area contributed by atoms with Gasteiger partial charge in [-0.2, -0.15) is 0 Å². The van der Waals surface area contributed by atoms with Gasteiger partial charge in [-0.25, -0.2) is 0 Å². The highest BCUT2D eigenvalue weighted by atomic mass is 32.1. The summed E-state index contributed by atoms with van der Waals surface area (Å²) in [5.41, 5.74) is 4.64. The number of aryl methyl sites for hydroxylation is 2. The van der Waals surface area contributed by atoms with Crippen molar-refractivity contribution in [3.63, 3.8) is 0 Å². The molecule has 2 aliphatic rings. The number of hydrogen-bond acceptors (Lipinski definition) is 5. The summed E-state index contributed by atoms with van der Waals surface area (Å²) in [7, 11) is 0. The van der Waals surface area contributed by atoms with E-state index in [2.05, 4.69) is 22.4 Å². The van der Waals surface area contributed by atoms with Gasteiger partial charge in [0.25, 0.3) is 0 Å². The van der Waals surface area contributed by atoms with E-state index in [1.807, 2.05) is 50.3 Å². The first-order valence-corrected chi connectivity index (χ1v) is 10.5. The summed E-state index contributed by atoms with van der Waals surface area (Å²) >= 11 is 1.74. The maximum atomic E-state index is 13.1. The normalized spacial score (nSPS) is 17.0. The molecule has 1 aromatic heterocycles. The Morgan fingerprint density at radius 2 is 2.00 bits per heavy atom. The lowest BCUT2D eigenvalue weighted by Crippen LogP contribution is -2.31. The summed E-state index contributed by atoms with van der Waals surface area (Å²) in [4.78, 5) is 16.6. The zero-order valence-corrected chi connectivity index (χ0v) is 17.2. The first-order valence-electron chi connectivity index (χ1n) is 9.63. The molecular formula is C24H21NO3S. The van der Waals surface area contributed by atoms with Gasteiger partial charge < -0.3 is 9.47 Å². The Kier molecular flexibility index (Phi) is 4.49. The molecule has 29 heavy (non-hydrogen) atoms. The van der Waals surface area contributed by atoms with E-state index >= 15 is 0 Å². The smallest absolute Gasteiger partial charge is 0.232 e. The van der Waals surface area contributed by atoms with Crippen molar-refractivity contribution >= 4 is 23.2 Å². The fraction of sp³-hybridized carbons (Fsp3) is 0.208. The highest BCUT2D eigenvalue weighted by Gasteiger charge is 2.35. The molecule has 0 amide bonds. The van der Waals surface area contributed by atoms with Gasteiger partial charge in [-0.05, 0) is 48.6 Å². The second kappa shape index (κ2) is 7.17. The number of carbonyl (C=O) groups is 1. The number of ketones is 1. The third-order valence-electron chi connectivity index (χ3n) is 5.32. The topological polar surface area (TPSA) is 38.8 Å². The number of benzene rings is 2. The maximum Gasteiger partial charge on any atom is 0.232 e. The lowest BCUT2D eigenvalue weighted by atomic mass is 9.98. The quantitative estimate of drug-likeness (QED) is 0.554. The molecular weight excluding hydrogens is 382 g/mol. The predicted molar refractivity (Wildman–Crippen MR) is 114 cm³/mol. The Balaban J connectivity index is 1.48. The number of allylic oxidation sites excluding steroid dienone is 1. The molecule has 0 saturated heterocycles. The Morgan fingerprint density at radius 1 is 1.17 bits per heavy atom. The SMILES string of the molecule is Cc1ccc(/C=C2\Oc3c4c(cc(C)c3C2=O)OCN(Cc2cccs2)C4)cc1. The second-order valence-electron chi connectivity index (χ2n) is 7.56. The van der Waals surface area contributed by atoms with Gasteiger partial charge in [0.15, 0.2) is 5.76 Å².